The first kappa shape index (κ1) is 28.2. The highest BCUT2D eigenvalue weighted by atomic mass is 16.5. The molecule has 0 amide bonds. The number of aromatic hydroxyl groups is 2. The molecule has 0 bridgehead atoms. The Balaban J connectivity index is 1.23. The van der Waals surface area contributed by atoms with Gasteiger partial charge in [0.05, 0.1) is 33.6 Å². The SMILES string of the molecule is O=C1c2c(O)ccc(O)c2C(=O)c2c(Nc3ccc(Oc4ccccc4)cc3)ccc(Nc3ccc(Oc4ccccc4)cc3)c21. The van der Waals surface area contributed by atoms with Gasteiger partial charge in [0, 0.05) is 11.4 Å². The molecule has 8 heteroatoms. The third-order valence-corrected chi connectivity index (χ3v) is 7.50. The van der Waals surface area contributed by atoms with Gasteiger partial charge in [-0.25, -0.2) is 0 Å². The van der Waals surface area contributed by atoms with Gasteiger partial charge in [-0.3, -0.25) is 9.59 Å². The molecular formula is C38H26N2O6. The van der Waals surface area contributed by atoms with E-state index in [-0.39, 0.29) is 22.3 Å². The highest BCUT2D eigenvalue weighted by molar-refractivity contribution is 6.33. The summed E-state index contributed by atoms with van der Waals surface area (Å²) in [5.74, 6) is 0.668. The molecule has 0 radical (unpaired) electrons. The lowest BCUT2D eigenvalue weighted by atomic mass is 9.81. The van der Waals surface area contributed by atoms with Crippen LogP contribution in [0.1, 0.15) is 31.8 Å². The molecule has 0 fully saturated rings. The van der Waals surface area contributed by atoms with Gasteiger partial charge in [0.15, 0.2) is 0 Å². The first-order chi connectivity index (χ1) is 22.4. The number of phenolic OH excluding ortho intramolecular Hbond substituents is 2. The average Bonchev–Trinajstić information content (AvgIpc) is 3.08. The Morgan fingerprint density at radius 2 is 0.739 bits per heavy atom. The van der Waals surface area contributed by atoms with Crippen molar-refractivity contribution in [3.63, 3.8) is 0 Å². The number of carbonyl (C=O) groups excluding carboxylic acids is 2. The van der Waals surface area contributed by atoms with Crippen LogP contribution in [0.2, 0.25) is 0 Å². The van der Waals surface area contributed by atoms with Crippen molar-refractivity contribution in [3.05, 3.63) is 156 Å². The number of nitrogens with one attached hydrogen (secondary N) is 2. The summed E-state index contributed by atoms with van der Waals surface area (Å²) in [5, 5.41) is 27.7. The van der Waals surface area contributed by atoms with Crippen LogP contribution in [0.25, 0.3) is 0 Å². The molecule has 0 aromatic heterocycles. The van der Waals surface area contributed by atoms with E-state index in [0.29, 0.717) is 45.7 Å². The summed E-state index contributed by atoms with van der Waals surface area (Å²) >= 11 is 0. The molecule has 0 aliphatic heterocycles. The highest BCUT2D eigenvalue weighted by Gasteiger charge is 2.38. The van der Waals surface area contributed by atoms with Crippen LogP contribution in [-0.4, -0.2) is 21.8 Å². The molecule has 0 atom stereocenters. The molecule has 8 nitrogen and oxygen atoms in total. The van der Waals surface area contributed by atoms with Crippen molar-refractivity contribution in [1.82, 2.24) is 0 Å². The van der Waals surface area contributed by atoms with E-state index in [1.165, 1.54) is 12.1 Å². The Kier molecular flexibility index (Phi) is 7.28. The van der Waals surface area contributed by atoms with E-state index >= 15 is 0 Å². The quantitative estimate of drug-likeness (QED) is 0.127. The molecule has 0 spiro atoms. The number of rotatable bonds is 8. The van der Waals surface area contributed by atoms with Crippen LogP contribution >= 0.6 is 0 Å². The molecule has 46 heavy (non-hydrogen) atoms. The summed E-state index contributed by atoms with van der Waals surface area (Å²) in [5.41, 5.74) is 1.64. The molecule has 6 aromatic carbocycles. The third kappa shape index (κ3) is 5.46. The van der Waals surface area contributed by atoms with Crippen LogP contribution in [0.4, 0.5) is 22.7 Å². The molecule has 1 aliphatic carbocycles. The molecule has 0 saturated carbocycles. The predicted octanol–water partition coefficient (Wildman–Crippen LogP) is 8.95. The molecule has 4 N–H and O–H groups in total. The second-order valence-corrected chi connectivity index (χ2v) is 10.6. The first-order valence-corrected chi connectivity index (χ1v) is 14.5. The van der Waals surface area contributed by atoms with Crippen LogP contribution in [-0.2, 0) is 0 Å². The van der Waals surface area contributed by atoms with E-state index < -0.39 is 23.1 Å². The van der Waals surface area contributed by atoms with E-state index in [0.717, 1.165) is 0 Å². The summed E-state index contributed by atoms with van der Waals surface area (Å²) < 4.78 is 11.8. The minimum absolute atomic E-state index is 0.0667. The van der Waals surface area contributed by atoms with Gasteiger partial charge in [0.1, 0.15) is 34.5 Å². The standard InChI is InChI=1S/C38H26N2O6/c41-31-21-22-32(42)36-35(31)37(43)33-29(39-23-11-15-27(16-12-23)45-25-7-3-1-4-8-25)19-20-30(34(33)38(36)44)40-24-13-17-28(18-14-24)46-26-9-5-2-6-10-26/h1-22,39-42H. The van der Waals surface area contributed by atoms with Gasteiger partial charge in [0.2, 0.25) is 11.6 Å². The minimum atomic E-state index is -0.597. The Bertz CT molecular complexity index is 1930. The van der Waals surface area contributed by atoms with Gasteiger partial charge in [0.25, 0.3) is 0 Å². The van der Waals surface area contributed by atoms with Crippen LogP contribution in [0.3, 0.4) is 0 Å². The molecule has 1 aliphatic rings. The topological polar surface area (TPSA) is 117 Å². The van der Waals surface area contributed by atoms with E-state index in [9.17, 15) is 19.8 Å². The van der Waals surface area contributed by atoms with E-state index in [1.54, 1.807) is 60.7 Å². The van der Waals surface area contributed by atoms with Gasteiger partial charge in [-0.1, -0.05) is 36.4 Å². The van der Waals surface area contributed by atoms with Crippen molar-refractivity contribution in [2.45, 2.75) is 0 Å². The number of fused-ring (bicyclic) bond motifs is 2. The number of hydrogen-bond donors (Lipinski definition) is 4. The van der Waals surface area contributed by atoms with Crippen LogP contribution in [0, 0.1) is 0 Å². The molecule has 0 saturated heterocycles. The fourth-order valence-electron chi connectivity index (χ4n) is 5.35. The van der Waals surface area contributed by atoms with Gasteiger partial charge >= 0.3 is 0 Å². The number of para-hydroxylation sites is 2. The van der Waals surface area contributed by atoms with Crippen LogP contribution in [0.5, 0.6) is 34.5 Å². The van der Waals surface area contributed by atoms with Crippen molar-refractivity contribution in [2.75, 3.05) is 10.6 Å². The van der Waals surface area contributed by atoms with Crippen molar-refractivity contribution >= 4 is 34.3 Å². The van der Waals surface area contributed by atoms with E-state index in [2.05, 4.69) is 10.6 Å². The Labute approximate surface area is 264 Å². The first-order valence-electron chi connectivity index (χ1n) is 14.5. The van der Waals surface area contributed by atoms with E-state index in [1.807, 2.05) is 60.7 Å². The number of phenols is 2. The molecule has 0 heterocycles. The highest BCUT2D eigenvalue weighted by Crippen LogP contribution is 2.43. The monoisotopic (exact) mass is 606 g/mol. The summed E-state index contributed by atoms with van der Waals surface area (Å²) in [7, 11) is 0. The lowest BCUT2D eigenvalue weighted by molar-refractivity contribution is 0.0975. The zero-order valence-corrected chi connectivity index (χ0v) is 24.2. The fraction of sp³-hybridized carbons (Fsp3) is 0. The smallest absolute Gasteiger partial charge is 0.200 e. The average molecular weight is 607 g/mol. The molecule has 0 unspecified atom stereocenters. The van der Waals surface area contributed by atoms with Gasteiger partial charge in [-0.2, -0.15) is 0 Å². The normalized spacial score (nSPS) is 11.7. The Morgan fingerprint density at radius 1 is 0.391 bits per heavy atom. The molecular weight excluding hydrogens is 580 g/mol. The van der Waals surface area contributed by atoms with Crippen LogP contribution < -0.4 is 20.1 Å². The number of benzene rings is 6. The summed E-state index contributed by atoms with van der Waals surface area (Å²) in [6.07, 6.45) is 0. The van der Waals surface area contributed by atoms with Crippen LogP contribution in [0.15, 0.2) is 133 Å². The summed E-state index contributed by atoms with van der Waals surface area (Å²) in [4.78, 5) is 28.0. The Hall–Kier alpha value is -6.54. The number of ether oxygens (including phenoxy) is 2. The van der Waals surface area contributed by atoms with E-state index in [4.69, 9.17) is 9.47 Å². The maximum absolute atomic E-state index is 14.0. The lowest BCUT2D eigenvalue weighted by Crippen LogP contribution is -2.24. The minimum Gasteiger partial charge on any atom is -0.507 e. The maximum Gasteiger partial charge on any atom is 0.200 e. The van der Waals surface area contributed by atoms with Crippen molar-refractivity contribution in [2.24, 2.45) is 0 Å². The number of hydrogen-bond acceptors (Lipinski definition) is 8. The predicted molar refractivity (Wildman–Crippen MR) is 176 cm³/mol. The van der Waals surface area contributed by atoms with Gasteiger partial charge in [-0.05, 0) is 97.1 Å². The van der Waals surface area contributed by atoms with Crippen molar-refractivity contribution in [1.29, 1.82) is 0 Å². The number of carbonyl (C=O) groups is 2. The third-order valence-electron chi connectivity index (χ3n) is 7.50. The maximum atomic E-state index is 14.0. The summed E-state index contributed by atoms with van der Waals surface area (Å²) in [6, 6.07) is 38.9. The zero-order chi connectivity index (χ0) is 31.6. The van der Waals surface area contributed by atoms with Crippen molar-refractivity contribution < 1.29 is 29.3 Å². The molecule has 7 rings (SSSR count). The van der Waals surface area contributed by atoms with Gasteiger partial charge in [-0.15, -0.1) is 0 Å². The van der Waals surface area contributed by atoms with Gasteiger partial charge < -0.3 is 30.3 Å². The zero-order valence-electron chi connectivity index (χ0n) is 24.2. The number of anilines is 4. The summed E-state index contributed by atoms with van der Waals surface area (Å²) in [6.45, 7) is 0. The Morgan fingerprint density at radius 3 is 1.11 bits per heavy atom. The lowest BCUT2D eigenvalue weighted by Gasteiger charge is -2.25. The second kappa shape index (κ2) is 11.9. The molecule has 224 valence electrons. The fourth-order valence-corrected chi connectivity index (χ4v) is 5.35. The molecule has 6 aromatic rings. The number of ketones is 2. The van der Waals surface area contributed by atoms with Crippen molar-refractivity contribution in [3.8, 4) is 34.5 Å². The largest absolute Gasteiger partial charge is 0.507 e. The second-order valence-electron chi connectivity index (χ2n) is 10.6.